The van der Waals surface area contributed by atoms with Crippen molar-refractivity contribution in [2.24, 2.45) is 4.99 Å². The number of alkyl halides is 3. The van der Waals surface area contributed by atoms with Gasteiger partial charge in [0.2, 0.25) is 0 Å². The molecule has 1 fully saturated rings. The highest BCUT2D eigenvalue weighted by Crippen LogP contribution is 2.30. The molecule has 0 radical (unpaired) electrons. The number of rotatable bonds is 6. The fourth-order valence-corrected chi connectivity index (χ4v) is 3.62. The third kappa shape index (κ3) is 8.16. The molecule has 0 spiro atoms. The van der Waals surface area contributed by atoms with E-state index in [1.165, 1.54) is 12.1 Å². The largest absolute Gasteiger partial charge is 0.508 e. The Morgan fingerprint density at radius 2 is 1.78 bits per heavy atom. The summed E-state index contributed by atoms with van der Waals surface area (Å²) in [5, 5.41) is 16.1. The minimum Gasteiger partial charge on any atom is -0.508 e. The zero-order valence-electron chi connectivity index (χ0n) is 18.0. The van der Waals surface area contributed by atoms with Gasteiger partial charge in [-0.25, -0.2) is 4.99 Å². The number of piperidine rings is 1. The van der Waals surface area contributed by atoms with E-state index in [1.807, 2.05) is 19.1 Å². The van der Waals surface area contributed by atoms with Gasteiger partial charge in [-0.05, 0) is 49.1 Å². The SMILES string of the molecule is CCNC(=NCc1ccc(O)cc1)NC1CCN(Cc2cccc(C(F)(F)F)c2)CC1.I. The zero-order chi connectivity index (χ0) is 22.3. The van der Waals surface area contributed by atoms with Crippen LogP contribution < -0.4 is 10.6 Å². The molecule has 0 saturated carbocycles. The van der Waals surface area contributed by atoms with Crippen LogP contribution in [-0.2, 0) is 19.3 Å². The lowest BCUT2D eigenvalue weighted by Gasteiger charge is -2.33. The number of halogens is 4. The lowest BCUT2D eigenvalue weighted by atomic mass is 10.0. The number of likely N-dealkylation sites (tertiary alicyclic amines) is 1. The van der Waals surface area contributed by atoms with Crippen LogP contribution in [0.15, 0.2) is 53.5 Å². The van der Waals surface area contributed by atoms with Gasteiger partial charge in [-0.15, -0.1) is 24.0 Å². The summed E-state index contributed by atoms with van der Waals surface area (Å²) < 4.78 is 38.8. The molecule has 1 aliphatic heterocycles. The van der Waals surface area contributed by atoms with Crippen molar-refractivity contribution in [1.82, 2.24) is 15.5 Å². The van der Waals surface area contributed by atoms with Gasteiger partial charge in [-0.1, -0.05) is 30.3 Å². The van der Waals surface area contributed by atoms with E-state index in [4.69, 9.17) is 0 Å². The second-order valence-electron chi connectivity index (χ2n) is 7.75. The fourth-order valence-electron chi connectivity index (χ4n) is 3.62. The number of hydrogen-bond donors (Lipinski definition) is 3. The van der Waals surface area contributed by atoms with E-state index in [2.05, 4.69) is 20.5 Å². The standard InChI is InChI=1S/C23H29F3N4O.HI/c1-2-27-22(28-15-17-6-8-21(31)9-7-17)29-20-10-12-30(13-11-20)16-18-4-3-5-19(14-18)23(24,25)26;/h3-9,14,20,31H,2,10-13,15-16H2,1H3,(H2,27,28,29);1H. The predicted octanol–water partition coefficient (Wildman–Crippen LogP) is 4.75. The molecule has 2 aromatic rings. The fraction of sp³-hybridized carbons (Fsp3) is 0.435. The van der Waals surface area contributed by atoms with Gasteiger partial charge < -0.3 is 15.7 Å². The maximum atomic E-state index is 12.9. The number of phenolic OH excluding ortho intramolecular Hbond substituents is 1. The Labute approximate surface area is 204 Å². The lowest BCUT2D eigenvalue weighted by molar-refractivity contribution is -0.137. The third-order valence-corrected chi connectivity index (χ3v) is 5.29. The minimum atomic E-state index is -4.31. The minimum absolute atomic E-state index is 0. The molecule has 2 aromatic carbocycles. The van der Waals surface area contributed by atoms with Crippen LogP contribution in [-0.4, -0.2) is 41.6 Å². The molecule has 1 heterocycles. The van der Waals surface area contributed by atoms with Gasteiger partial charge >= 0.3 is 6.18 Å². The summed E-state index contributed by atoms with van der Waals surface area (Å²) in [5.41, 5.74) is 1.10. The smallest absolute Gasteiger partial charge is 0.416 e. The molecule has 0 aliphatic carbocycles. The number of aromatic hydroxyl groups is 1. The molecule has 32 heavy (non-hydrogen) atoms. The number of nitrogens with zero attached hydrogens (tertiary/aromatic N) is 2. The molecule has 1 saturated heterocycles. The summed E-state index contributed by atoms with van der Waals surface area (Å²) in [6, 6.07) is 12.8. The summed E-state index contributed by atoms with van der Waals surface area (Å²) in [4.78, 5) is 6.81. The molecular weight excluding hydrogens is 532 g/mol. The quantitative estimate of drug-likeness (QED) is 0.271. The maximum Gasteiger partial charge on any atom is 0.416 e. The maximum absolute atomic E-state index is 12.9. The Hall–Kier alpha value is -2.01. The molecule has 5 nitrogen and oxygen atoms in total. The van der Waals surface area contributed by atoms with Crippen molar-refractivity contribution in [3.05, 3.63) is 65.2 Å². The van der Waals surface area contributed by atoms with Crippen molar-refractivity contribution in [2.75, 3.05) is 19.6 Å². The summed E-state index contributed by atoms with van der Waals surface area (Å²) in [6.07, 6.45) is -2.53. The topological polar surface area (TPSA) is 59.9 Å². The van der Waals surface area contributed by atoms with Crippen LogP contribution in [0.1, 0.15) is 36.5 Å². The first kappa shape index (κ1) is 26.2. The van der Waals surface area contributed by atoms with Crippen molar-refractivity contribution in [3.63, 3.8) is 0 Å². The van der Waals surface area contributed by atoms with E-state index in [9.17, 15) is 18.3 Å². The molecule has 3 rings (SSSR count). The first-order valence-electron chi connectivity index (χ1n) is 10.5. The van der Waals surface area contributed by atoms with Crippen LogP contribution in [0, 0.1) is 0 Å². The molecule has 3 N–H and O–H groups in total. The Balaban J connectivity index is 0.00000363. The predicted molar refractivity (Wildman–Crippen MR) is 131 cm³/mol. The van der Waals surface area contributed by atoms with Gasteiger partial charge in [-0.2, -0.15) is 13.2 Å². The Bertz CT molecular complexity index is 866. The summed E-state index contributed by atoms with van der Waals surface area (Å²) in [6.45, 7) is 5.40. The molecule has 9 heteroatoms. The van der Waals surface area contributed by atoms with Crippen LogP contribution in [0.25, 0.3) is 0 Å². The molecule has 176 valence electrons. The van der Waals surface area contributed by atoms with Crippen LogP contribution in [0.5, 0.6) is 5.75 Å². The molecule has 0 atom stereocenters. The number of phenols is 1. The molecular formula is C23H30F3IN4O. The van der Waals surface area contributed by atoms with Crippen molar-refractivity contribution in [1.29, 1.82) is 0 Å². The normalized spacial score (nSPS) is 15.8. The van der Waals surface area contributed by atoms with E-state index >= 15 is 0 Å². The van der Waals surface area contributed by atoms with Gasteiger partial charge in [0.1, 0.15) is 5.75 Å². The highest BCUT2D eigenvalue weighted by Gasteiger charge is 2.30. The monoisotopic (exact) mass is 562 g/mol. The first-order valence-corrected chi connectivity index (χ1v) is 10.5. The van der Waals surface area contributed by atoms with Gasteiger partial charge in [0.25, 0.3) is 0 Å². The summed E-state index contributed by atoms with van der Waals surface area (Å²) in [7, 11) is 0. The van der Waals surface area contributed by atoms with E-state index in [-0.39, 0.29) is 35.8 Å². The number of nitrogens with one attached hydrogen (secondary N) is 2. The van der Waals surface area contributed by atoms with E-state index in [1.54, 1.807) is 18.2 Å². The number of guanidine groups is 1. The van der Waals surface area contributed by atoms with Crippen molar-refractivity contribution in [3.8, 4) is 5.75 Å². The van der Waals surface area contributed by atoms with Gasteiger partial charge in [0.15, 0.2) is 5.96 Å². The van der Waals surface area contributed by atoms with Crippen molar-refractivity contribution >= 4 is 29.9 Å². The molecule has 0 aromatic heterocycles. The van der Waals surface area contributed by atoms with Crippen LogP contribution in [0.4, 0.5) is 13.2 Å². The van der Waals surface area contributed by atoms with E-state index < -0.39 is 11.7 Å². The summed E-state index contributed by atoms with van der Waals surface area (Å²) >= 11 is 0. The van der Waals surface area contributed by atoms with Crippen LogP contribution in [0.2, 0.25) is 0 Å². The average molecular weight is 562 g/mol. The third-order valence-electron chi connectivity index (χ3n) is 5.29. The Morgan fingerprint density at radius 1 is 1.09 bits per heavy atom. The molecule has 1 aliphatic rings. The summed E-state index contributed by atoms with van der Waals surface area (Å²) in [5.74, 6) is 0.974. The second-order valence-corrected chi connectivity index (χ2v) is 7.75. The Morgan fingerprint density at radius 3 is 2.41 bits per heavy atom. The Kier molecular flexibility index (Phi) is 10.1. The number of hydrogen-bond acceptors (Lipinski definition) is 3. The first-order chi connectivity index (χ1) is 14.8. The average Bonchev–Trinajstić information content (AvgIpc) is 2.74. The van der Waals surface area contributed by atoms with Crippen molar-refractivity contribution in [2.45, 2.75) is 45.1 Å². The highest BCUT2D eigenvalue weighted by atomic mass is 127. The lowest BCUT2D eigenvalue weighted by Crippen LogP contribution is -2.48. The number of benzene rings is 2. The van der Waals surface area contributed by atoms with Crippen LogP contribution >= 0.6 is 24.0 Å². The van der Waals surface area contributed by atoms with Gasteiger partial charge in [0.05, 0.1) is 12.1 Å². The van der Waals surface area contributed by atoms with Gasteiger partial charge in [-0.3, -0.25) is 4.90 Å². The zero-order valence-corrected chi connectivity index (χ0v) is 20.4. The van der Waals surface area contributed by atoms with Gasteiger partial charge in [0, 0.05) is 32.2 Å². The highest BCUT2D eigenvalue weighted by molar-refractivity contribution is 14.0. The molecule has 0 amide bonds. The second kappa shape index (κ2) is 12.3. The number of aliphatic imine (C=N–C) groups is 1. The van der Waals surface area contributed by atoms with Crippen LogP contribution in [0.3, 0.4) is 0 Å². The molecule has 0 bridgehead atoms. The molecule has 0 unspecified atom stereocenters. The van der Waals surface area contributed by atoms with E-state index in [0.29, 0.717) is 18.7 Å². The van der Waals surface area contributed by atoms with Crippen molar-refractivity contribution < 1.29 is 18.3 Å². The van der Waals surface area contributed by atoms with E-state index in [0.717, 1.165) is 50.1 Å².